The van der Waals surface area contributed by atoms with E-state index >= 15 is 0 Å². The van der Waals surface area contributed by atoms with E-state index < -0.39 is 0 Å². The highest BCUT2D eigenvalue weighted by Gasteiger charge is 2.03. The second-order valence-electron chi connectivity index (χ2n) is 3.98. The summed E-state index contributed by atoms with van der Waals surface area (Å²) in [5, 5.41) is 0. The van der Waals surface area contributed by atoms with Gasteiger partial charge in [0.15, 0.2) is 5.82 Å². The largest absolute Gasteiger partial charge is 0.402 e. The van der Waals surface area contributed by atoms with E-state index in [0.29, 0.717) is 18.1 Å². The molecule has 4 N–H and O–H groups in total. The molecule has 0 atom stereocenters. The molecule has 0 saturated heterocycles. The maximum absolute atomic E-state index is 5.95. The molecule has 0 aliphatic rings. The number of allylic oxidation sites excluding steroid dienone is 3. The molecular formula is C13H20N4O. The van der Waals surface area contributed by atoms with Gasteiger partial charge in [0.1, 0.15) is 0 Å². The van der Waals surface area contributed by atoms with Crippen molar-refractivity contribution in [1.82, 2.24) is 9.97 Å². The molecule has 5 nitrogen and oxygen atoms in total. The van der Waals surface area contributed by atoms with Crippen LogP contribution in [-0.2, 0) is 4.74 Å². The van der Waals surface area contributed by atoms with Crippen LogP contribution in [0.25, 0.3) is 5.70 Å². The van der Waals surface area contributed by atoms with Crippen LogP contribution in [-0.4, -0.2) is 23.7 Å². The molecule has 1 heterocycles. The predicted octanol–water partition coefficient (Wildman–Crippen LogP) is 1.44. The summed E-state index contributed by atoms with van der Waals surface area (Å²) in [5.74, 6) is 0.517. The van der Waals surface area contributed by atoms with Crippen LogP contribution in [0.2, 0.25) is 0 Å². The molecule has 1 aromatic heterocycles. The predicted molar refractivity (Wildman–Crippen MR) is 72.2 cm³/mol. The summed E-state index contributed by atoms with van der Waals surface area (Å²) in [6.45, 7) is 2.56. The van der Waals surface area contributed by atoms with E-state index in [1.165, 1.54) is 0 Å². The summed E-state index contributed by atoms with van der Waals surface area (Å²) in [5.41, 5.74) is 14.1. The molecule has 5 heteroatoms. The monoisotopic (exact) mass is 248 g/mol. The lowest BCUT2D eigenvalue weighted by atomic mass is 10.1. The quantitative estimate of drug-likeness (QED) is 0.587. The van der Waals surface area contributed by atoms with Gasteiger partial charge in [0, 0.05) is 31.8 Å². The third-order valence-corrected chi connectivity index (χ3v) is 2.45. The zero-order valence-electron chi connectivity index (χ0n) is 10.9. The van der Waals surface area contributed by atoms with E-state index in [4.69, 9.17) is 16.2 Å². The van der Waals surface area contributed by atoms with Crippen LogP contribution in [0.5, 0.6) is 0 Å². The van der Waals surface area contributed by atoms with Gasteiger partial charge < -0.3 is 16.2 Å². The third kappa shape index (κ3) is 4.55. The summed E-state index contributed by atoms with van der Waals surface area (Å²) < 4.78 is 5.02. The average molecular weight is 248 g/mol. The number of aromatic nitrogens is 2. The van der Waals surface area contributed by atoms with Crippen LogP contribution in [0.15, 0.2) is 35.8 Å². The van der Waals surface area contributed by atoms with Gasteiger partial charge in [0.2, 0.25) is 0 Å². The number of nitrogens with zero attached hydrogens (tertiary/aromatic N) is 2. The van der Waals surface area contributed by atoms with Crippen molar-refractivity contribution in [2.24, 2.45) is 11.5 Å². The molecule has 0 radical (unpaired) electrons. The Bertz CT molecular complexity index is 422. The third-order valence-electron chi connectivity index (χ3n) is 2.45. The van der Waals surface area contributed by atoms with Crippen LogP contribution < -0.4 is 11.5 Å². The Morgan fingerprint density at radius 3 is 2.56 bits per heavy atom. The minimum Gasteiger partial charge on any atom is -0.402 e. The maximum Gasteiger partial charge on any atom is 0.175 e. The topological polar surface area (TPSA) is 87.0 Å². The van der Waals surface area contributed by atoms with E-state index in [9.17, 15) is 0 Å². The molecule has 0 amide bonds. The fourth-order valence-corrected chi connectivity index (χ4v) is 1.49. The van der Waals surface area contributed by atoms with Crippen molar-refractivity contribution >= 4 is 5.70 Å². The molecule has 0 spiro atoms. The standard InChI is InChI=1S/C13H20N4O/c1-10(14)11(5-3-8-18-2)9-12(15)13-16-6-4-7-17-13/h4,6-7,9H,3,5,8,14-15H2,1-2H3/b11-10-,12-9-. The van der Waals surface area contributed by atoms with Crippen LogP contribution in [0, 0.1) is 0 Å². The molecule has 98 valence electrons. The minimum atomic E-state index is 0.517. The summed E-state index contributed by atoms with van der Waals surface area (Å²) in [6, 6.07) is 1.75. The Hall–Kier alpha value is -1.88. The molecule has 0 aliphatic heterocycles. The lowest BCUT2D eigenvalue weighted by Gasteiger charge is -2.06. The normalized spacial score (nSPS) is 13.3. The van der Waals surface area contributed by atoms with Crippen molar-refractivity contribution in [1.29, 1.82) is 0 Å². The van der Waals surface area contributed by atoms with E-state index in [2.05, 4.69) is 9.97 Å². The first-order valence-corrected chi connectivity index (χ1v) is 5.84. The number of hydrogen-bond acceptors (Lipinski definition) is 5. The van der Waals surface area contributed by atoms with Crippen molar-refractivity contribution in [3.8, 4) is 0 Å². The van der Waals surface area contributed by atoms with Crippen LogP contribution in [0.3, 0.4) is 0 Å². The van der Waals surface area contributed by atoms with Gasteiger partial charge in [-0.05, 0) is 37.5 Å². The zero-order chi connectivity index (χ0) is 13.4. The van der Waals surface area contributed by atoms with Gasteiger partial charge in [-0.2, -0.15) is 0 Å². The zero-order valence-corrected chi connectivity index (χ0v) is 10.9. The second kappa shape index (κ2) is 7.45. The van der Waals surface area contributed by atoms with Gasteiger partial charge >= 0.3 is 0 Å². The Kier molecular flexibility index (Phi) is 5.87. The Morgan fingerprint density at radius 1 is 1.33 bits per heavy atom. The van der Waals surface area contributed by atoms with Gasteiger partial charge in [-0.1, -0.05) is 0 Å². The Balaban J connectivity index is 2.80. The molecule has 0 saturated carbocycles. The van der Waals surface area contributed by atoms with Crippen molar-refractivity contribution < 1.29 is 4.74 Å². The van der Waals surface area contributed by atoms with Crippen LogP contribution >= 0.6 is 0 Å². The molecule has 0 aliphatic carbocycles. The molecule has 1 rings (SSSR count). The van der Waals surface area contributed by atoms with Gasteiger partial charge in [0.25, 0.3) is 0 Å². The van der Waals surface area contributed by atoms with Crippen molar-refractivity contribution in [3.63, 3.8) is 0 Å². The van der Waals surface area contributed by atoms with Crippen molar-refractivity contribution in [2.75, 3.05) is 13.7 Å². The summed E-state index contributed by atoms with van der Waals surface area (Å²) in [6.07, 6.45) is 6.88. The molecule has 0 bridgehead atoms. The van der Waals surface area contributed by atoms with E-state index in [0.717, 1.165) is 24.1 Å². The summed E-state index contributed by atoms with van der Waals surface area (Å²) in [7, 11) is 1.68. The van der Waals surface area contributed by atoms with E-state index in [1.807, 2.05) is 13.0 Å². The van der Waals surface area contributed by atoms with Gasteiger partial charge in [-0.3, -0.25) is 0 Å². The first-order valence-electron chi connectivity index (χ1n) is 5.84. The Labute approximate surface area is 108 Å². The van der Waals surface area contributed by atoms with Crippen molar-refractivity contribution in [3.05, 3.63) is 41.6 Å². The number of rotatable bonds is 6. The summed E-state index contributed by atoms with van der Waals surface area (Å²) in [4.78, 5) is 8.19. The molecule has 18 heavy (non-hydrogen) atoms. The van der Waals surface area contributed by atoms with Gasteiger partial charge in [0.05, 0.1) is 5.70 Å². The Morgan fingerprint density at radius 2 is 2.00 bits per heavy atom. The highest BCUT2D eigenvalue weighted by atomic mass is 16.5. The highest BCUT2D eigenvalue weighted by Crippen LogP contribution is 2.14. The lowest BCUT2D eigenvalue weighted by molar-refractivity contribution is 0.195. The molecular weight excluding hydrogens is 228 g/mol. The highest BCUT2D eigenvalue weighted by molar-refractivity contribution is 5.59. The number of hydrogen-bond donors (Lipinski definition) is 2. The van der Waals surface area contributed by atoms with Crippen LogP contribution in [0.4, 0.5) is 0 Å². The second-order valence-corrected chi connectivity index (χ2v) is 3.98. The molecule has 1 aromatic rings. The van der Waals surface area contributed by atoms with E-state index in [-0.39, 0.29) is 0 Å². The minimum absolute atomic E-state index is 0.517. The fraction of sp³-hybridized carbons (Fsp3) is 0.385. The molecule has 0 fully saturated rings. The first-order chi connectivity index (χ1) is 8.65. The molecule has 0 unspecified atom stereocenters. The smallest absolute Gasteiger partial charge is 0.175 e. The lowest BCUT2D eigenvalue weighted by Crippen LogP contribution is -2.05. The first kappa shape index (κ1) is 14.2. The van der Waals surface area contributed by atoms with Gasteiger partial charge in [-0.25, -0.2) is 9.97 Å². The average Bonchev–Trinajstić information content (AvgIpc) is 2.38. The molecule has 0 aromatic carbocycles. The number of methoxy groups -OCH3 is 1. The SMILES string of the molecule is COCCCC(/C=C(\N)c1ncccn1)=C(\C)N. The summed E-state index contributed by atoms with van der Waals surface area (Å²) >= 11 is 0. The van der Waals surface area contributed by atoms with Crippen molar-refractivity contribution in [2.45, 2.75) is 19.8 Å². The van der Waals surface area contributed by atoms with Crippen LogP contribution in [0.1, 0.15) is 25.6 Å². The maximum atomic E-state index is 5.95. The van der Waals surface area contributed by atoms with E-state index in [1.54, 1.807) is 25.6 Å². The van der Waals surface area contributed by atoms with Gasteiger partial charge in [-0.15, -0.1) is 0 Å². The number of nitrogens with two attached hydrogens (primary N) is 2. The number of ether oxygens (including phenoxy) is 1. The fourth-order valence-electron chi connectivity index (χ4n) is 1.49.